The zero-order valence-electron chi connectivity index (χ0n) is 26.6. The van der Waals surface area contributed by atoms with Gasteiger partial charge in [0, 0.05) is 56.3 Å². The molecule has 11 rings (SSSR count). The van der Waals surface area contributed by atoms with Gasteiger partial charge in [0.1, 0.15) is 27.8 Å². The van der Waals surface area contributed by atoms with E-state index in [4.69, 9.17) is 18.2 Å². The number of rotatable bonds is 4. The molecule has 3 aromatic heterocycles. The second-order valence-corrected chi connectivity index (χ2v) is 12.8. The zero-order valence-corrected chi connectivity index (χ0v) is 26.6. The minimum absolute atomic E-state index is 0.594. The summed E-state index contributed by atoms with van der Waals surface area (Å²) in [4.78, 5) is 6.96. The van der Waals surface area contributed by atoms with Crippen molar-refractivity contribution in [1.82, 2.24) is 4.98 Å². The molecule has 0 unspecified atom stereocenters. The predicted molar refractivity (Wildman–Crippen MR) is 204 cm³/mol. The summed E-state index contributed by atoms with van der Waals surface area (Å²) in [6.45, 7) is 0. The molecule has 8 aromatic carbocycles. The molecule has 0 saturated carbocycles. The summed E-state index contributed by atoms with van der Waals surface area (Å²) in [6.07, 6.45) is 0. The topological polar surface area (TPSA) is 55.6 Å². The van der Waals surface area contributed by atoms with Gasteiger partial charge in [0.2, 0.25) is 5.89 Å². The lowest BCUT2D eigenvalue weighted by atomic mass is 10.0. The first kappa shape index (κ1) is 27.1. The van der Waals surface area contributed by atoms with Crippen molar-refractivity contribution in [2.75, 3.05) is 4.90 Å². The first-order chi connectivity index (χ1) is 24.7. The van der Waals surface area contributed by atoms with E-state index in [2.05, 4.69) is 138 Å². The lowest BCUT2D eigenvalue weighted by Crippen LogP contribution is -2.09. The Hall–Kier alpha value is -6.85. The van der Waals surface area contributed by atoms with Crippen molar-refractivity contribution in [3.05, 3.63) is 158 Å². The second-order valence-electron chi connectivity index (χ2n) is 12.8. The molecule has 0 saturated heterocycles. The highest BCUT2D eigenvalue weighted by Crippen LogP contribution is 2.42. The van der Waals surface area contributed by atoms with Crippen LogP contribution >= 0.6 is 0 Å². The average Bonchev–Trinajstić information content (AvgIpc) is 3.85. The Balaban J connectivity index is 1.08. The van der Waals surface area contributed by atoms with E-state index in [1.807, 2.05) is 24.3 Å². The third-order valence-electron chi connectivity index (χ3n) is 9.83. The first-order valence-electron chi connectivity index (χ1n) is 16.7. The molecule has 0 N–H and O–H groups in total. The molecule has 50 heavy (non-hydrogen) atoms. The summed E-state index contributed by atoms with van der Waals surface area (Å²) in [5.41, 5.74) is 8.85. The molecule has 0 fully saturated rings. The van der Waals surface area contributed by atoms with Gasteiger partial charge in [-0.15, -0.1) is 0 Å². The van der Waals surface area contributed by atoms with Gasteiger partial charge in [0.15, 0.2) is 5.58 Å². The summed E-state index contributed by atoms with van der Waals surface area (Å²) >= 11 is 0. The molecule has 0 amide bonds. The quantitative estimate of drug-likeness (QED) is 0.191. The van der Waals surface area contributed by atoms with E-state index in [1.165, 1.54) is 10.8 Å². The van der Waals surface area contributed by atoms with E-state index in [0.717, 1.165) is 88.4 Å². The van der Waals surface area contributed by atoms with Gasteiger partial charge in [-0.3, -0.25) is 0 Å². The van der Waals surface area contributed by atoms with Crippen LogP contribution in [-0.4, -0.2) is 4.98 Å². The molecule has 3 heterocycles. The minimum atomic E-state index is 0.594. The van der Waals surface area contributed by atoms with Crippen LogP contribution in [0.2, 0.25) is 0 Å². The smallest absolute Gasteiger partial charge is 0.227 e. The van der Waals surface area contributed by atoms with Gasteiger partial charge in [-0.2, -0.15) is 0 Å². The fraction of sp³-hybridized carbons (Fsp3) is 0. The molecule has 0 aliphatic rings. The van der Waals surface area contributed by atoms with Gasteiger partial charge in [-0.25, -0.2) is 4.98 Å². The number of furan rings is 2. The molecule has 0 radical (unpaired) electrons. The average molecular weight is 643 g/mol. The van der Waals surface area contributed by atoms with E-state index in [9.17, 15) is 0 Å². The van der Waals surface area contributed by atoms with Gasteiger partial charge in [0.25, 0.3) is 0 Å². The number of benzene rings is 8. The third kappa shape index (κ3) is 4.17. The Labute approximate surface area is 285 Å². The fourth-order valence-electron chi connectivity index (χ4n) is 7.38. The van der Waals surface area contributed by atoms with Crippen LogP contribution in [0.1, 0.15) is 0 Å². The lowest BCUT2D eigenvalue weighted by molar-refractivity contribution is 0.620. The Kier molecular flexibility index (Phi) is 5.60. The van der Waals surface area contributed by atoms with Crippen molar-refractivity contribution in [3.63, 3.8) is 0 Å². The van der Waals surface area contributed by atoms with Crippen LogP contribution in [-0.2, 0) is 0 Å². The summed E-state index contributed by atoms with van der Waals surface area (Å²) in [6, 6.07) is 54.6. The number of hydrogen-bond donors (Lipinski definition) is 0. The highest BCUT2D eigenvalue weighted by molar-refractivity contribution is 6.12. The van der Waals surface area contributed by atoms with Gasteiger partial charge >= 0.3 is 0 Å². The SMILES string of the molecule is c1ccc2cc3c(cc2c1)oc1cc(N(c2ccc(-c4nc5ccccc5o4)cc2)c2ccc4c(c2)oc2cc5ccccc5cc24)ccc13. The monoisotopic (exact) mass is 642 g/mol. The number of para-hydroxylation sites is 2. The van der Waals surface area contributed by atoms with Crippen LogP contribution in [0.3, 0.4) is 0 Å². The van der Waals surface area contributed by atoms with Crippen LogP contribution < -0.4 is 4.90 Å². The Morgan fingerprint density at radius 3 is 1.40 bits per heavy atom. The molecular weight excluding hydrogens is 617 g/mol. The van der Waals surface area contributed by atoms with E-state index in [-0.39, 0.29) is 0 Å². The van der Waals surface area contributed by atoms with Gasteiger partial charge in [-0.05, 0) is 106 Å². The fourth-order valence-corrected chi connectivity index (χ4v) is 7.38. The Morgan fingerprint density at radius 2 is 0.840 bits per heavy atom. The van der Waals surface area contributed by atoms with Crippen molar-refractivity contribution in [2.24, 2.45) is 0 Å². The summed E-state index contributed by atoms with van der Waals surface area (Å²) < 4.78 is 19.1. The molecule has 5 nitrogen and oxygen atoms in total. The van der Waals surface area contributed by atoms with Crippen molar-refractivity contribution < 1.29 is 13.3 Å². The second kappa shape index (κ2) is 10.3. The predicted octanol–water partition coefficient (Wildman–Crippen LogP) is 13.1. The normalized spacial score (nSPS) is 12.0. The number of nitrogens with zero attached hydrogens (tertiary/aromatic N) is 2. The maximum Gasteiger partial charge on any atom is 0.227 e. The Bertz CT molecular complexity index is 2920. The van der Waals surface area contributed by atoms with Gasteiger partial charge in [0.05, 0.1) is 0 Å². The lowest BCUT2D eigenvalue weighted by Gasteiger charge is -2.25. The maximum atomic E-state index is 6.51. The first-order valence-corrected chi connectivity index (χ1v) is 16.7. The van der Waals surface area contributed by atoms with Crippen molar-refractivity contribution in [2.45, 2.75) is 0 Å². The van der Waals surface area contributed by atoms with E-state index < -0.39 is 0 Å². The molecule has 0 spiro atoms. The molecule has 11 aromatic rings. The van der Waals surface area contributed by atoms with E-state index in [1.54, 1.807) is 0 Å². The van der Waals surface area contributed by atoms with Crippen LogP contribution in [0.5, 0.6) is 0 Å². The molecule has 0 aliphatic carbocycles. The maximum absolute atomic E-state index is 6.51. The van der Waals surface area contributed by atoms with E-state index in [0.29, 0.717) is 5.89 Å². The molecule has 0 atom stereocenters. The number of oxazole rings is 1. The molecule has 5 heteroatoms. The number of aromatic nitrogens is 1. The molecular formula is C45H26N2O3. The van der Waals surface area contributed by atoms with Crippen LogP contribution in [0.25, 0.3) is 88.0 Å². The van der Waals surface area contributed by atoms with E-state index >= 15 is 0 Å². The highest BCUT2D eigenvalue weighted by atomic mass is 16.3. The summed E-state index contributed by atoms with van der Waals surface area (Å²) in [7, 11) is 0. The van der Waals surface area contributed by atoms with Crippen LogP contribution in [0, 0.1) is 0 Å². The largest absolute Gasteiger partial charge is 0.456 e. The molecule has 0 bridgehead atoms. The van der Waals surface area contributed by atoms with Crippen LogP contribution in [0.15, 0.2) is 171 Å². The summed E-state index contributed by atoms with van der Waals surface area (Å²) in [5, 5.41) is 9.09. The number of fused-ring (bicyclic) bond motifs is 9. The van der Waals surface area contributed by atoms with Crippen molar-refractivity contribution >= 4 is 93.6 Å². The number of anilines is 3. The minimum Gasteiger partial charge on any atom is -0.456 e. The zero-order chi connectivity index (χ0) is 32.8. The number of hydrogen-bond acceptors (Lipinski definition) is 5. The standard InChI is InChI=1S/C45H26N2O3/c1-3-9-30-23-41-37(21-28(30)7-1)35-19-17-33(25-43(35)48-41)47(32-15-13-27(14-16-32)45-46-39-11-5-6-12-40(39)50-45)34-18-20-36-38-22-29-8-2-4-10-31(29)24-42(38)49-44(36)26-34/h1-26H. The van der Waals surface area contributed by atoms with Crippen molar-refractivity contribution in [1.29, 1.82) is 0 Å². The summed E-state index contributed by atoms with van der Waals surface area (Å²) in [5.74, 6) is 0.594. The van der Waals surface area contributed by atoms with Crippen LogP contribution in [0.4, 0.5) is 17.1 Å². The Morgan fingerprint density at radius 1 is 0.360 bits per heavy atom. The third-order valence-corrected chi connectivity index (χ3v) is 9.83. The highest BCUT2D eigenvalue weighted by Gasteiger charge is 2.19. The molecule has 234 valence electrons. The van der Waals surface area contributed by atoms with Crippen molar-refractivity contribution in [3.8, 4) is 11.5 Å². The van der Waals surface area contributed by atoms with Gasteiger partial charge in [-0.1, -0.05) is 60.7 Å². The van der Waals surface area contributed by atoms with Gasteiger partial charge < -0.3 is 18.2 Å². The molecule has 0 aliphatic heterocycles.